The fourth-order valence-electron chi connectivity index (χ4n) is 7.94. The molecule has 5 fully saturated rings. The summed E-state index contributed by atoms with van der Waals surface area (Å²) in [4.78, 5) is 28.1. The lowest BCUT2D eigenvalue weighted by atomic mass is 9.46. The first-order chi connectivity index (χ1) is 14.3. The molecule has 3 unspecified atom stereocenters. The monoisotopic (exact) mass is 402 g/mol. The normalized spacial score (nSPS) is 38.7. The summed E-state index contributed by atoms with van der Waals surface area (Å²) in [6, 6.07) is 15.3. The minimum atomic E-state index is -0.403. The molecule has 4 heteroatoms. The topological polar surface area (TPSA) is 63.4 Å². The highest BCUT2D eigenvalue weighted by Crippen LogP contribution is 2.64. The number of carbonyl (C=O) groups is 2. The number of hydrogen-bond acceptors (Lipinski definition) is 2. The molecule has 1 aliphatic heterocycles. The van der Waals surface area contributed by atoms with E-state index in [9.17, 15) is 9.59 Å². The van der Waals surface area contributed by atoms with Crippen molar-refractivity contribution in [1.82, 2.24) is 4.90 Å². The first-order valence-corrected chi connectivity index (χ1v) is 11.4. The second kappa shape index (κ2) is 5.87. The van der Waals surface area contributed by atoms with Crippen molar-refractivity contribution in [3.63, 3.8) is 0 Å². The molecule has 2 amide bonds. The van der Waals surface area contributed by atoms with Gasteiger partial charge in [0.25, 0.3) is 0 Å². The molecule has 30 heavy (non-hydrogen) atoms. The molecular weight excluding hydrogens is 372 g/mol. The van der Waals surface area contributed by atoms with Gasteiger partial charge in [-0.1, -0.05) is 42.5 Å². The third kappa shape index (κ3) is 2.23. The minimum Gasteiger partial charge on any atom is -0.369 e. The summed E-state index contributed by atoms with van der Waals surface area (Å²) in [7, 11) is 0. The van der Waals surface area contributed by atoms with Crippen molar-refractivity contribution in [3.8, 4) is 0 Å². The summed E-state index contributed by atoms with van der Waals surface area (Å²) in [6.45, 7) is 4.19. The Labute approximate surface area is 177 Å². The second-order valence-electron chi connectivity index (χ2n) is 11.0. The largest absolute Gasteiger partial charge is 0.369 e. The molecule has 4 aliphatic carbocycles. The summed E-state index contributed by atoms with van der Waals surface area (Å²) in [6.07, 6.45) is 4.98. The van der Waals surface area contributed by atoms with Gasteiger partial charge in [0.1, 0.15) is 0 Å². The van der Waals surface area contributed by atoms with E-state index in [0.29, 0.717) is 17.8 Å². The van der Waals surface area contributed by atoms with Gasteiger partial charge in [0.15, 0.2) is 0 Å². The third-order valence-corrected chi connectivity index (χ3v) is 8.93. The van der Waals surface area contributed by atoms with Crippen LogP contribution in [0, 0.1) is 28.6 Å². The van der Waals surface area contributed by atoms with E-state index in [-0.39, 0.29) is 29.3 Å². The van der Waals surface area contributed by atoms with Crippen LogP contribution >= 0.6 is 0 Å². The Kier molecular flexibility index (Phi) is 3.60. The van der Waals surface area contributed by atoms with Gasteiger partial charge < -0.3 is 10.6 Å². The zero-order valence-electron chi connectivity index (χ0n) is 17.8. The van der Waals surface area contributed by atoms with Gasteiger partial charge in [-0.25, -0.2) is 0 Å². The average Bonchev–Trinajstić information content (AvgIpc) is 2.71. The predicted octanol–water partition coefficient (Wildman–Crippen LogP) is 4.43. The number of hydrogen-bond donors (Lipinski definition) is 1. The molecule has 4 saturated carbocycles. The Morgan fingerprint density at radius 2 is 1.67 bits per heavy atom. The number of primary amides is 1. The van der Waals surface area contributed by atoms with Gasteiger partial charge >= 0.3 is 0 Å². The maximum atomic E-state index is 13.5. The van der Waals surface area contributed by atoms with Crippen LogP contribution < -0.4 is 5.73 Å². The summed E-state index contributed by atoms with van der Waals surface area (Å²) < 4.78 is 0. The number of benzene rings is 2. The van der Waals surface area contributed by atoms with Crippen LogP contribution in [0.3, 0.4) is 0 Å². The zero-order valence-corrected chi connectivity index (χ0v) is 17.8. The maximum Gasteiger partial charge on any atom is 0.231 e. The number of nitrogens with two attached hydrogens (primary N) is 1. The van der Waals surface area contributed by atoms with Crippen LogP contribution in [0.2, 0.25) is 0 Å². The van der Waals surface area contributed by atoms with Gasteiger partial charge in [-0.2, -0.15) is 0 Å². The molecule has 2 N–H and O–H groups in total. The molecule has 3 atom stereocenters. The molecule has 156 valence electrons. The lowest BCUT2D eigenvalue weighted by molar-refractivity contribution is -0.198. The zero-order chi connectivity index (χ0) is 20.8. The highest BCUT2D eigenvalue weighted by Gasteiger charge is 2.65. The Balaban J connectivity index is 1.42. The molecule has 1 saturated heterocycles. The molecule has 4 bridgehead atoms. The SMILES string of the molecule is CC1(C)C(=O)N([C@H]2C3CC4CC2C[C@](C(N)=O)(C4)C3)C1c1cccc2ccccc12. The number of fused-ring (bicyclic) bond motifs is 1. The lowest BCUT2D eigenvalue weighted by Gasteiger charge is -2.66. The van der Waals surface area contributed by atoms with Crippen LogP contribution in [0.15, 0.2) is 42.5 Å². The summed E-state index contributed by atoms with van der Waals surface area (Å²) in [5.41, 5.74) is 6.43. The van der Waals surface area contributed by atoms with E-state index in [2.05, 4.69) is 61.2 Å². The summed E-state index contributed by atoms with van der Waals surface area (Å²) >= 11 is 0. The molecule has 4 nitrogen and oxygen atoms in total. The predicted molar refractivity (Wildman–Crippen MR) is 116 cm³/mol. The maximum absolute atomic E-state index is 13.5. The molecular formula is C26H30N2O2. The molecule has 0 aromatic heterocycles. The number of nitrogens with zero attached hydrogens (tertiary/aromatic N) is 1. The van der Waals surface area contributed by atoms with Crippen LogP contribution in [0.4, 0.5) is 0 Å². The van der Waals surface area contributed by atoms with Crippen molar-refractivity contribution in [2.45, 2.75) is 58.0 Å². The standard InChI is InChI=1S/C26H30N2O2/c1-25(2)22(20-9-5-7-16-6-3-4-8-19(16)20)28(24(25)30)21-17-10-15-11-18(21)14-26(12-15,13-17)23(27)29/h3-9,15,17-18,21-22H,10-14H2,1-2H3,(H2,27,29)/t15?,17?,18?,21-,22?,26-. The molecule has 1 heterocycles. The van der Waals surface area contributed by atoms with E-state index in [0.717, 1.165) is 32.1 Å². The number of rotatable bonds is 3. The first kappa shape index (κ1) is 18.4. The lowest BCUT2D eigenvalue weighted by Crippen LogP contribution is -2.71. The number of likely N-dealkylation sites (tertiary alicyclic amines) is 1. The summed E-state index contributed by atoms with van der Waals surface area (Å²) in [5, 5.41) is 2.47. The van der Waals surface area contributed by atoms with E-state index in [1.165, 1.54) is 16.3 Å². The number of carbonyl (C=O) groups excluding carboxylic acids is 2. The Morgan fingerprint density at radius 3 is 2.37 bits per heavy atom. The smallest absolute Gasteiger partial charge is 0.231 e. The van der Waals surface area contributed by atoms with Gasteiger partial charge in [-0.3, -0.25) is 9.59 Å². The van der Waals surface area contributed by atoms with Crippen molar-refractivity contribution in [2.75, 3.05) is 0 Å². The Morgan fingerprint density at radius 1 is 1.00 bits per heavy atom. The van der Waals surface area contributed by atoms with Gasteiger partial charge in [0, 0.05) is 11.5 Å². The molecule has 7 rings (SSSR count). The van der Waals surface area contributed by atoms with Crippen molar-refractivity contribution in [3.05, 3.63) is 48.0 Å². The number of β-lactam (4-membered cyclic amide) rings is 1. The van der Waals surface area contributed by atoms with E-state index in [4.69, 9.17) is 5.73 Å². The average molecular weight is 403 g/mol. The quantitative estimate of drug-likeness (QED) is 0.772. The number of amides is 2. The van der Waals surface area contributed by atoms with Gasteiger partial charge in [0.2, 0.25) is 11.8 Å². The van der Waals surface area contributed by atoms with E-state index < -0.39 is 5.41 Å². The molecule has 2 aromatic rings. The van der Waals surface area contributed by atoms with E-state index in [1.807, 2.05) is 0 Å². The summed E-state index contributed by atoms with van der Waals surface area (Å²) in [5.74, 6) is 1.57. The van der Waals surface area contributed by atoms with Crippen molar-refractivity contribution in [2.24, 2.45) is 34.3 Å². The highest BCUT2D eigenvalue weighted by molar-refractivity contribution is 5.94. The molecule has 0 spiro atoms. The van der Waals surface area contributed by atoms with Crippen molar-refractivity contribution < 1.29 is 9.59 Å². The van der Waals surface area contributed by atoms with Gasteiger partial charge in [0.05, 0.1) is 11.5 Å². The van der Waals surface area contributed by atoms with Crippen LogP contribution in [-0.4, -0.2) is 22.8 Å². The van der Waals surface area contributed by atoms with E-state index in [1.54, 1.807) is 0 Å². The van der Waals surface area contributed by atoms with Gasteiger partial charge in [-0.05, 0) is 80.0 Å². The second-order valence-corrected chi connectivity index (χ2v) is 11.0. The minimum absolute atomic E-state index is 0.0863. The Bertz CT molecular complexity index is 1050. The van der Waals surface area contributed by atoms with E-state index >= 15 is 0 Å². The fourth-order valence-corrected chi connectivity index (χ4v) is 7.94. The first-order valence-electron chi connectivity index (χ1n) is 11.4. The highest BCUT2D eigenvalue weighted by atomic mass is 16.2. The van der Waals surface area contributed by atoms with Crippen molar-refractivity contribution >= 4 is 22.6 Å². The van der Waals surface area contributed by atoms with Crippen molar-refractivity contribution in [1.29, 1.82) is 0 Å². The van der Waals surface area contributed by atoms with Crippen LogP contribution in [-0.2, 0) is 9.59 Å². The van der Waals surface area contributed by atoms with Gasteiger partial charge in [-0.15, -0.1) is 0 Å². The molecule has 5 aliphatic rings. The fraction of sp³-hybridized carbons (Fsp3) is 0.538. The van der Waals surface area contributed by atoms with Crippen LogP contribution in [0.5, 0.6) is 0 Å². The van der Waals surface area contributed by atoms with Crippen LogP contribution in [0.25, 0.3) is 10.8 Å². The van der Waals surface area contributed by atoms with Crippen LogP contribution in [0.1, 0.15) is 57.6 Å². The molecule has 0 radical (unpaired) electrons. The Hall–Kier alpha value is -2.36. The third-order valence-electron chi connectivity index (χ3n) is 8.93. The molecule has 2 aromatic carbocycles.